The molecular formula is C45H25N5. The molecule has 2 aromatic heterocycles. The van der Waals surface area contributed by atoms with Gasteiger partial charge in [0.05, 0.1) is 50.5 Å². The average molecular weight is 636 g/mol. The summed E-state index contributed by atoms with van der Waals surface area (Å²) < 4.78 is 4.33. The van der Waals surface area contributed by atoms with Crippen molar-refractivity contribution in [3.63, 3.8) is 0 Å². The molecule has 0 aliphatic rings. The first-order valence-corrected chi connectivity index (χ1v) is 16.3. The van der Waals surface area contributed by atoms with E-state index in [0.29, 0.717) is 16.7 Å². The first-order chi connectivity index (χ1) is 24.7. The predicted molar refractivity (Wildman–Crippen MR) is 200 cm³/mol. The van der Waals surface area contributed by atoms with Gasteiger partial charge in [-0.3, -0.25) is 0 Å². The Bertz CT molecular complexity index is 2940. The number of nitriles is 3. The van der Waals surface area contributed by atoms with Crippen LogP contribution in [0, 0.1) is 34.0 Å². The second-order valence-corrected chi connectivity index (χ2v) is 12.3. The summed E-state index contributed by atoms with van der Waals surface area (Å²) in [4.78, 5) is 0. The van der Waals surface area contributed by atoms with Gasteiger partial charge in [0.15, 0.2) is 0 Å². The van der Waals surface area contributed by atoms with E-state index in [1.165, 1.54) is 0 Å². The average Bonchev–Trinajstić information content (AvgIpc) is 3.70. The van der Waals surface area contributed by atoms with E-state index in [-0.39, 0.29) is 0 Å². The lowest BCUT2D eigenvalue weighted by molar-refractivity contribution is 1.17. The van der Waals surface area contributed by atoms with Crippen LogP contribution < -0.4 is 0 Å². The molecule has 0 N–H and O–H groups in total. The van der Waals surface area contributed by atoms with Crippen LogP contribution in [0.4, 0.5) is 0 Å². The van der Waals surface area contributed by atoms with E-state index in [9.17, 15) is 15.8 Å². The molecule has 230 valence electrons. The number of para-hydroxylation sites is 4. The van der Waals surface area contributed by atoms with Gasteiger partial charge in [0.25, 0.3) is 0 Å². The fraction of sp³-hybridized carbons (Fsp3) is 0. The minimum atomic E-state index is 0.568. The highest BCUT2D eigenvalue weighted by Gasteiger charge is 2.20. The quantitative estimate of drug-likeness (QED) is 0.193. The van der Waals surface area contributed by atoms with Gasteiger partial charge in [0.1, 0.15) is 12.1 Å². The Balaban J connectivity index is 1.14. The van der Waals surface area contributed by atoms with Crippen molar-refractivity contribution in [1.82, 2.24) is 9.13 Å². The third-order valence-electron chi connectivity index (χ3n) is 9.65. The number of hydrogen-bond acceptors (Lipinski definition) is 3. The summed E-state index contributed by atoms with van der Waals surface area (Å²) >= 11 is 0. The monoisotopic (exact) mass is 635 g/mol. The number of rotatable bonds is 4. The van der Waals surface area contributed by atoms with Crippen molar-refractivity contribution >= 4 is 43.6 Å². The predicted octanol–water partition coefficient (Wildman–Crippen LogP) is 10.8. The zero-order valence-electron chi connectivity index (χ0n) is 26.7. The zero-order valence-corrected chi connectivity index (χ0v) is 26.7. The highest BCUT2D eigenvalue weighted by atomic mass is 15.0. The van der Waals surface area contributed by atoms with Gasteiger partial charge >= 0.3 is 0 Å². The molecule has 5 nitrogen and oxygen atoms in total. The van der Waals surface area contributed by atoms with E-state index in [4.69, 9.17) is 0 Å². The van der Waals surface area contributed by atoms with Gasteiger partial charge in [-0.15, -0.1) is 0 Å². The Morgan fingerprint density at radius 2 is 0.960 bits per heavy atom. The zero-order chi connectivity index (χ0) is 33.8. The smallest absolute Gasteiger partial charge is 0.101 e. The lowest BCUT2D eigenvalue weighted by Crippen LogP contribution is -2.01. The molecule has 0 aliphatic carbocycles. The van der Waals surface area contributed by atoms with E-state index >= 15 is 0 Å². The van der Waals surface area contributed by atoms with E-state index in [0.717, 1.165) is 77.2 Å². The molecule has 50 heavy (non-hydrogen) atoms. The van der Waals surface area contributed by atoms with Crippen LogP contribution in [0.1, 0.15) is 16.7 Å². The molecule has 2 heterocycles. The Labute approximate surface area is 287 Å². The van der Waals surface area contributed by atoms with Gasteiger partial charge in [-0.05, 0) is 71.3 Å². The number of hydrogen-bond donors (Lipinski definition) is 0. The van der Waals surface area contributed by atoms with E-state index in [1.807, 2.05) is 66.7 Å². The Hall–Kier alpha value is -7.39. The maximum atomic E-state index is 10.3. The minimum Gasteiger partial charge on any atom is -0.308 e. The molecule has 0 unspecified atom stereocenters. The number of aromatic nitrogens is 2. The van der Waals surface area contributed by atoms with Crippen LogP contribution in [0.25, 0.3) is 77.2 Å². The van der Waals surface area contributed by atoms with Crippen LogP contribution in [0.2, 0.25) is 0 Å². The fourth-order valence-corrected chi connectivity index (χ4v) is 7.41. The Morgan fingerprint density at radius 3 is 1.66 bits per heavy atom. The molecule has 0 spiro atoms. The van der Waals surface area contributed by atoms with Crippen molar-refractivity contribution in [3.05, 3.63) is 168 Å². The van der Waals surface area contributed by atoms with Crippen LogP contribution in [0.15, 0.2) is 152 Å². The maximum Gasteiger partial charge on any atom is 0.101 e. The molecule has 0 fully saturated rings. The third-order valence-corrected chi connectivity index (χ3v) is 9.65. The summed E-state index contributed by atoms with van der Waals surface area (Å²) in [6, 6.07) is 57.9. The number of nitrogens with zero attached hydrogens (tertiary/aromatic N) is 5. The summed E-state index contributed by atoms with van der Waals surface area (Å²) in [5.74, 6) is 0. The molecule has 9 aromatic rings. The van der Waals surface area contributed by atoms with Gasteiger partial charge in [-0.2, -0.15) is 15.8 Å². The van der Waals surface area contributed by atoms with Gasteiger partial charge in [-0.25, -0.2) is 0 Å². The Kier molecular flexibility index (Phi) is 6.56. The van der Waals surface area contributed by atoms with Crippen molar-refractivity contribution < 1.29 is 0 Å². The van der Waals surface area contributed by atoms with Crippen molar-refractivity contribution in [1.29, 1.82) is 15.8 Å². The third kappa shape index (κ3) is 4.31. The molecule has 0 saturated carbocycles. The minimum absolute atomic E-state index is 0.568. The standard InChI is InChI=1S/C45H25N5/c46-26-29-15-24-43-40(25-29)38-10-2-4-14-42(38)50(43)44-33(27-47)7-5-11-36(44)32-18-16-30(17-19-32)31-20-22-35(23-21-31)49-41-13-3-1-9-37(41)39-12-6-8-34(28-48)45(39)49/h1-25H. The normalized spacial score (nSPS) is 11.1. The van der Waals surface area contributed by atoms with Crippen LogP contribution in [-0.4, -0.2) is 9.13 Å². The second kappa shape index (κ2) is 11.4. The summed E-state index contributed by atoms with van der Waals surface area (Å²) in [6.07, 6.45) is 0. The summed E-state index contributed by atoms with van der Waals surface area (Å²) in [6.45, 7) is 0. The topological polar surface area (TPSA) is 81.2 Å². The number of fused-ring (bicyclic) bond motifs is 6. The summed E-state index contributed by atoms with van der Waals surface area (Å²) in [5, 5.41) is 34.1. The Morgan fingerprint density at radius 1 is 0.400 bits per heavy atom. The van der Waals surface area contributed by atoms with Crippen LogP contribution in [0.5, 0.6) is 0 Å². The molecular weight excluding hydrogens is 611 g/mol. The summed E-state index contributed by atoms with van der Waals surface area (Å²) in [5.41, 5.74) is 11.6. The highest BCUT2D eigenvalue weighted by molar-refractivity contribution is 6.11. The fourth-order valence-electron chi connectivity index (χ4n) is 7.41. The van der Waals surface area contributed by atoms with Gasteiger partial charge in [0.2, 0.25) is 0 Å². The van der Waals surface area contributed by atoms with Gasteiger partial charge in [-0.1, -0.05) is 97.1 Å². The molecule has 0 radical (unpaired) electrons. The molecule has 0 bridgehead atoms. The molecule has 7 aromatic carbocycles. The van der Waals surface area contributed by atoms with Crippen molar-refractivity contribution in [2.45, 2.75) is 0 Å². The molecule has 0 aliphatic heterocycles. The summed E-state index contributed by atoms with van der Waals surface area (Å²) in [7, 11) is 0. The van der Waals surface area contributed by atoms with Gasteiger partial charge < -0.3 is 9.13 Å². The van der Waals surface area contributed by atoms with Gasteiger partial charge in [0, 0.05) is 32.8 Å². The lowest BCUT2D eigenvalue weighted by Gasteiger charge is -2.16. The number of benzene rings is 7. The SMILES string of the molecule is N#Cc1ccc2c(c1)c1ccccc1n2-c1c(C#N)cccc1-c1ccc(-c2ccc(-n3c4ccccc4c4cccc(C#N)c43)cc2)cc1. The molecule has 0 atom stereocenters. The molecule has 5 heteroatoms. The van der Waals surface area contributed by atoms with Crippen molar-refractivity contribution in [2.24, 2.45) is 0 Å². The second-order valence-electron chi connectivity index (χ2n) is 12.3. The van der Waals surface area contributed by atoms with Crippen molar-refractivity contribution in [3.8, 4) is 51.8 Å². The van der Waals surface area contributed by atoms with E-state index in [2.05, 4.69) is 112 Å². The van der Waals surface area contributed by atoms with Crippen LogP contribution in [0.3, 0.4) is 0 Å². The van der Waals surface area contributed by atoms with Crippen LogP contribution in [-0.2, 0) is 0 Å². The molecule has 0 saturated heterocycles. The first-order valence-electron chi connectivity index (χ1n) is 16.3. The highest BCUT2D eigenvalue weighted by Crippen LogP contribution is 2.39. The first kappa shape index (κ1) is 28.8. The molecule has 0 amide bonds. The van der Waals surface area contributed by atoms with Crippen molar-refractivity contribution in [2.75, 3.05) is 0 Å². The largest absolute Gasteiger partial charge is 0.308 e. The maximum absolute atomic E-state index is 10.3. The van der Waals surface area contributed by atoms with Crippen LogP contribution >= 0.6 is 0 Å². The van der Waals surface area contributed by atoms with E-state index in [1.54, 1.807) is 0 Å². The molecule has 9 rings (SSSR count). The lowest BCUT2D eigenvalue weighted by atomic mass is 9.97. The van der Waals surface area contributed by atoms with E-state index < -0.39 is 0 Å².